The minimum Gasteiger partial charge on any atom is -0.349 e. The van der Waals surface area contributed by atoms with Crippen LogP contribution in [0.1, 0.15) is 10.6 Å². The number of thiophene rings is 1. The first-order chi connectivity index (χ1) is 13.7. The second-order valence-electron chi connectivity index (χ2n) is 6.36. The fourth-order valence-electron chi connectivity index (χ4n) is 2.97. The van der Waals surface area contributed by atoms with Crippen molar-refractivity contribution in [3.05, 3.63) is 63.8 Å². The van der Waals surface area contributed by atoms with Crippen molar-refractivity contribution in [1.29, 1.82) is 0 Å². The summed E-state index contributed by atoms with van der Waals surface area (Å²) in [6.07, 6.45) is 0.356. The van der Waals surface area contributed by atoms with Crippen LogP contribution in [0.25, 0.3) is 10.6 Å². The van der Waals surface area contributed by atoms with E-state index < -0.39 is 6.04 Å². The highest BCUT2D eigenvalue weighted by Crippen LogP contribution is 2.25. The molecule has 0 saturated carbocycles. The van der Waals surface area contributed by atoms with E-state index in [1.54, 1.807) is 39.3 Å². The van der Waals surface area contributed by atoms with Crippen LogP contribution in [-0.4, -0.2) is 39.4 Å². The zero-order valence-electron chi connectivity index (χ0n) is 15.0. The van der Waals surface area contributed by atoms with Crippen molar-refractivity contribution in [3.63, 3.8) is 0 Å². The number of nitrogens with zero attached hydrogens (tertiary/aromatic N) is 2. The summed E-state index contributed by atoms with van der Waals surface area (Å²) in [6, 6.07) is 13.5. The number of aromatic nitrogens is 1. The minimum absolute atomic E-state index is 0.00706. The van der Waals surface area contributed by atoms with E-state index in [2.05, 4.69) is 10.3 Å². The molecule has 1 aliphatic heterocycles. The Morgan fingerprint density at radius 3 is 2.79 bits per heavy atom. The fraction of sp³-hybridized carbons (Fsp3) is 0.250. The molecule has 1 unspecified atom stereocenters. The second kappa shape index (κ2) is 8.89. The Morgan fingerprint density at radius 2 is 2.00 bits per heavy atom. The lowest BCUT2D eigenvalue weighted by atomic mass is 10.2. The maximum Gasteiger partial charge on any atom is 0.244 e. The molecule has 28 heavy (non-hydrogen) atoms. The molecule has 2 amide bonds. The molecule has 1 aromatic carbocycles. The molecule has 5 nitrogen and oxygen atoms in total. The van der Waals surface area contributed by atoms with Crippen LogP contribution in [-0.2, 0) is 22.6 Å². The van der Waals surface area contributed by atoms with Gasteiger partial charge >= 0.3 is 0 Å². The van der Waals surface area contributed by atoms with Crippen LogP contribution in [0, 0.1) is 0 Å². The maximum atomic E-state index is 12.7. The van der Waals surface area contributed by atoms with Crippen molar-refractivity contribution in [2.45, 2.75) is 19.0 Å². The van der Waals surface area contributed by atoms with E-state index in [4.69, 9.17) is 0 Å². The topological polar surface area (TPSA) is 62.3 Å². The standard InChI is InChI=1S/C20H19N3O2S3/c24-18(9-16-7-4-8-27-16)23-13-26-12-17(23)19(25)21-10-15-11-28-20(22-15)14-5-2-1-3-6-14/h1-8,11,17H,9-10,12-13H2,(H,21,25). The molecule has 1 saturated heterocycles. The lowest BCUT2D eigenvalue weighted by molar-refractivity contribution is -0.137. The lowest BCUT2D eigenvalue weighted by Crippen LogP contribution is -2.47. The average Bonchev–Trinajstić information content (AvgIpc) is 3.48. The van der Waals surface area contributed by atoms with Crippen LogP contribution in [0.15, 0.2) is 53.2 Å². The highest BCUT2D eigenvalue weighted by atomic mass is 32.2. The Kier molecular flexibility index (Phi) is 6.09. The van der Waals surface area contributed by atoms with E-state index in [1.807, 2.05) is 53.2 Å². The van der Waals surface area contributed by atoms with Gasteiger partial charge in [0.15, 0.2) is 0 Å². The monoisotopic (exact) mass is 429 g/mol. The molecule has 0 spiro atoms. The molecule has 1 fully saturated rings. The van der Waals surface area contributed by atoms with Gasteiger partial charge in [-0.2, -0.15) is 0 Å². The summed E-state index contributed by atoms with van der Waals surface area (Å²) >= 11 is 4.75. The maximum absolute atomic E-state index is 12.7. The molecular weight excluding hydrogens is 410 g/mol. The summed E-state index contributed by atoms with van der Waals surface area (Å²) < 4.78 is 0. The molecule has 3 heterocycles. The number of rotatable bonds is 6. The normalized spacial score (nSPS) is 16.3. The second-order valence-corrected chi connectivity index (χ2v) is 9.25. The van der Waals surface area contributed by atoms with Gasteiger partial charge < -0.3 is 10.2 Å². The van der Waals surface area contributed by atoms with E-state index in [0.717, 1.165) is 21.1 Å². The predicted octanol–water partition coefficient (Wildman–Crippen LogP) is 3.63. The number of carbonyl (C=O) groups is 2. The molecule has 8 heteroatoms. The van der Waals surface area contributed by atoms with Crippen LogP contribution in [0.2, 0.25) is 0 Å². The number of thiazole rings is 1. The van der Waals surface area contributed by atoms with Gasteiger partial charge in [0, 0.05) is 21.6 Å². The predicted molar refractivity (Wildman–Crippen MR) is 115 cm³/mol. The number of carbonyl (C=O) groups excluding carboxylic acids is 2. The van der Waals surface area contributed by atoms with Crippen LogP contribution >= 0.6 is 34.4 Å². The van der Waals surface area contributed by atoms with Gasteiger partial charge in [-0.15, -0.1) is 34.4 Å². The molecule has 1 aliphatic rings. The number of benzene rings is 1. The molecule has 2 aromatic heterocycles. The summed E-state index contributed by atoms with van der Waals surface area (Å²) in [7, 11) is 0. The summed E-state index contributed by atoms with van der Waals surface area (Å²) in [5.74, 6) is 1.09. The summed E-state index contributed by atoms with van der Waals surface area (Å²) in [5.41, 5.74) is 1.90. The molecule has 1 N–H and O–H groups in total. The van der Waals surface area contributed by atoms with Gasteiger partial charge in [-0.3, -0.25) is 9.59 Å². The van der Waals surface area contributed by atoms with E-state index in [0.29, 0.717) is 24.6 Å². The van der Waals surface area contributed by atoms with Gasteiger partial charge in [-0.25, -0.2) is 4.98 Å². The molecule has 0 radical (unpaired) electrons. The quantitative estimate of drug-likeness (QED) is 0.650. The largest absolute Gasteiger partial charge is 0.349 e. The van der Waals surface area contributed by atoms with Crippen molar-refractivity contribution in [1.82, 2.24) is 15.2 Å². The Hall–Kier alpha value is -2.16. The van der Waals surface area contributed by atoms with Crippen LogP contribution in [0.5, 0.6) is 0 Å². The average molecular weight is 430 g/mol. The number of nitrogens with one attached hydrogen (secondary N) is 1. The minimum atomic E-state index is -0.412. The Morgan fingerprint density at radius 1 is 1.14 bits per heavy atom. The molecule has 3 aromatic rings. The smallest absolute Gasteiger partial charge is 0.244 e. The first-order valence-corrected chi connectivity index (χ1v) is 11.8. The van der Waals surface area contributed by atoms with Crippen molar-refractivity contribution in [2.24, 2.45) is 0 Å². The van der Waals surface area contributed by atoms with Crippen molar-refractivity contribution < 1.29 is 9.59 Å². The van der Waals surface area contributed by atoms with Crippen molar-refractivity contribution in [3.8, 4) is 10.6 Å². The van der Waals surface area contributed by atoms with Gasteiger partial charge in [0.2, 0.25) is 11.8 Å². The highest BCUT2D eigenvalue weighted by Gasteiger charge is 2.34. The Balaban J connectivity index is 1.34. The molecular formula is C20H19N3O2S3. The summed E-state index contributed by atoms with van der Waals surface area (Å²) in [5, 5.41) is 7.81. The molecule has 1 atom stereocenters. The van der Waals surface area contributed by atoms with E-state index in [-0.39, 0.29) is 11.8 Å². The van der Waals surface area contributed by atoms with Crippen molar-refractivity contribution in [2.75, 3.05) is 11.6 Å². The molecule has 4 rings (SSSR count). The summed E-state index contributed by atoms with van der Waals surface area (Å²) in [6.45, 7) is 0.371. The third kappa shape index (κ3) is 4.45. The zero-order valence-corrected chi connectivity index (χ0v) is 17.5. The zero-order chi connectivity index (χ0) is 19.3. The molecule has 144 valence electrons. The summed E-state index contributed by atoms with van der Waals surface area (Å²) in [4.78, 5) is 32.6. The van der Waals surface area contributed by atoms with E-state index in [9.17, 15) is 9.59 Å². The first-order valence-electron chi connectivity index (χ1n) is 8.88. The van der Waals surface area contributed by atoms with Gasteiger partial charge in [0.25, 0.3) is 0 Å². The lowest BCUT2D eigenvalue weighted by Gasteiger charge is -2.22. The van der Waals surface area contributed by atoms with Crippen LogP contribution in [0.3, 0.4) is 0 Å². The Labute approximate surface area is 175 Å². The first kappa shape index (κ1) is 19.2. The third-order valence-electron chi connectivity index (χ3n) is 4.43. The molecule has 0 aliphatic carbocycles. The van der Waals surface area contributed by atoms with Crippen molar-refractivity contribution >= 4 is 46.2 Å². The SMILES string of the molecule is O=C(NCc1csc(-c2ccccc2)n1)C1CSCN1C(=O)Cc1cccs1. The van der Waals surface area contributed by atoms with E-state index >= 15 is 0 Å². The van der Waals surface area contributed by atoms with Gasteiger partial charge in [0.1, 0.15) is 11.0 Å². The van der Waals surface area contributed by atoms with E-state index in [1.165, 1.54) is 0 Å². The van der Waals surface area contributed by atoms with Gasteiger partial charge in [-0.1, -0.05) is 36.4 Å². The van der Waals surface area contributed by atoms with Crippen LogP contribution < -0.4 is 5.32 Å². The molecule has 0 bridgehead atoms. The number of hydrogen-bond acceptors (Lipinski definition) is 6. The van der Waals surface area contributed by atoms with Crippen LogP contribution in [0.4, 0.5) is 0 Å². The fourth-order valence-corrected chi connectivity index (χ4v) is 5.67. The van der Waals surface area contributed by atoms with Gasteiger partial charge in [-0.05, 0) is 11.4 Å². The number of thioether (sulfide) groups is 1. The Bertz CT molecular complexity index is 941. The third-order valence-corrected chi connectivity index (χ3v) is 7.26. The highest BCUT2D eigenvalue weighted by molar-refractivity contribution is 7.99. The number of hydrogen-bond donors (Lipinski definition) is 1. The number of amides is 2. The van der Waals surface area contributed by atoms with Gasteiger partial charge in [0.05, 0.1) is 24.5 Å².